The zero-order valence-electron chi connectivity index (χ0n) is 12.2. The first-order valence-corrected chi connectivity index (χ1v) is 9.23. The van der Waals surface area contributed by atoms with E-state index in [-0.39, 0.29) is 0 Å². The average molecular weight is 321 g/mol. The van der Waals surface area contributed by atoms with Gasteiger partial charge >= 0.3 is 0 Å². The lowest BCUT2D eigenvalue weighted by molar-refractivity contribution is 1.22. The average Bonchev–Trinajstić information content (AvgIpc) is 2.61. The number of rotatable bonds is 6. The second-order valence-electron chi connectivity index (χ2n) is 4.91. The molecule has 109 valence electrons. The molecule has 0 saturated heterocycles. The zero-order valence-corrected chi connectivity index (χ0v) is 13.9. The molecule has 0 saturated carbocycles. The van der Waals surface area contributed by atoms with Gasteiger partial charge in [-0.2, -0.15) is 0 Å². The van der Waals surface area contributed by atoms with Gasteiger partial charge in [0.25, 0.3) is 0 Å². The first-order chi connectivity index (χ1) is 10.9. The largest absolute Gasteiger partial charge is 0.120 e. The Labute approximate surface area is 141 Å². The molecule has 0 bridgehead atoms. The van der Waals surface area contributed by atoms with Crippen LogP contribution in [0, 0.1) is 6.07 Å². The van der Waals surface area contributed by atoms with Gasteiger partial charge < -0.3 is 0 Å². The Bertz CT molecular complexity index is 631. The SMILES string of the molecule is [c]1cccc(SCc2ccccc2)c1SCc1ccccc1. The quantitative estimate of drug-likeness (QED) is 0.505. The highest BCUT2D eigenvalue weighted by molar-refractivity contribution is 8.01. The lowest BCUT2D eigenvalue weighted by Gasteiger charge is -2.08. The van der Waals surface area contributed by atoms with E-state index >= 15 is 0 Å². The van der Waals surface area contributed by atoms with Gasteiger partial charge in [0, 0.05) is 21.3 Å². The Morgan fingerprint density at radius 2 is 1.23 bits per heavy atom. The molecule has 0 fully saturated rings. The van der Waals surface area contributed by atoms with Gasteiger partial charge in [0.1, 0.15) is 0 Å². The van der Waals surface area contributed by atoms with Gasteiger partial charge in [-0.05, 0) is 23.3 Å². The number of thioether (sulfide) groups is 2. The number of benzene rings is 3. The highest BCUT2D eigenvalue weighted by Crippen LogP contribution is 2.33. The molecule has 0 nitrogen and oxygen atoms in total. The molecule has 0 heterocycles. The molecule has 0 aliphatic heterocycles. The van der Waals surface area contributed by atoms with Crippen LogP contribution in [0.5, 0.6) is 0 Å². The van der Waals surface area contributed by atoms with Crippen molar-refractivity contribution < 1.29 is 0 Å². The summed E-state index contributed by atoms with van der Waals surface area (Å²) in [6.45, 7) is 0. The molecule has 0 aliphatic rings. The molecule has 1 radical (unpaired) electrons. The topological polar surface area (TPSA) is 0 Å². The van der Waals surface area contributed by atoms with Gasteiger partial charge in [-0.1, -0.05) is 72.8 Å². The standard InChI is InChI=1S/C20H17S2/c1-3-9-17(10-4-1)15-21-19-13-7-8-14-20(19)22-16-18-11-5-2-6-12-18/h1-13H,15-16H2. The minimum Gasteiger partial charge on any atom is -0.120 e. The van der Waals surface area contributed by atoms with Crippen LogP contribution in [-0.2, 0) is 11.5 Å². The first kappa shape index (κ1) is 15.3. The molecule has 3 rings (SSSR count). The van der Waals surface area contributed by atoms with Gasteiger partial charge in [-0.3, -0.25) is 0 Å². The third-order valence-corrected chi connectivity index (χ3v) is 5.61. The summed E-state index contributed by atoms with van der Waals surface area (Å²) in [5, 5.41) is 0. The molecule has 0 aromatic heterocycles. The van der Waals surface area contributed by atoms with Crippen LogP contribution in [0.15, 0.2) is 88.7 Å². The predicted molar refractivity (Wildman–Crippen MR) is 97.3 cm³/mol. The second kappa shape index (κ2) is 8.11. The van der Waals surface area contributed by atoms with Crippen molar-refractivity contribution in [2.75, 3.05) is 0 Å². The molecule has 0 atom stereocenters. The fourth-order valence-electron chi connectivity index (χ4n) is 2.10. The Morgan fingerprint density at radius 1 is 0.636 bits per heavy atom. The van der Waals surface area contributed by atoms with Crippen molar-refractivity contribution in [3.63, 3.8) is 0 Å². The summed E-state index contributed by atoms with van der Waals surface area (Å²) in [5.74, 6) is 1.98. The van der Waals surface area contributed by atoms with Crippen LogP contribution in [0.25, 0.3) is 0 Å². The molecule has 0 spiro atoms. The van der Waals surface area contributed by atoms with Gasteiger partial charge in [0.05, 0.1) is 0 Å². The fraction of sp³-hybridized carbons (Fsp3) is 0.100. The van der Waals surface area contributed by atoms with Crippen LogP contribution < -0.4 is 0 Å². The van der Waals surface area contributed by atoms with Crippen molar-refractivity contribution in [1.29, 1.82) is 0 Å². The molecular weight excluding hydrogens is 304 g/mol. The van der Waals surface area contributed by atoms with Gasteiger partial charge in [-0.15, -0.1) is 23.5 Å². The maximum Gasteiger partial charge on any atom is 0.0290 e. The summed E-state index contributed by atoms with van der Waals surface area (Å²) < 4.78 is 0. The Kier molecular flexibility index (Phi) is 5.63. The van der Waals surface area contributed by atoms with Crippen LogP contribution in [0.1, 0.15) is 11.1 Å². The fourth-order valence-corrected chi connectivity index (χ4v) is 4.20. The van der Waals surface area contributed by atoms with Crippen LogP contribution in [0.2, 0.25) is 0 Å². The summed E-state index contributed by atoms with van der Waals surface area (Å²) in [6.07, 6.45) is 0. The summed E-state index contributed by atoms with van der Waals surface area (Å²) >= 11 is 3.74. The van der Waals surface area contributed by atoms with E-state index in [9.17, 15) is 0 Å². The zero-order chi connectivity index (χ0) is 15.0. The Hall–Kier alpha value is -1.64. The van der Waals surface area contributed by atoms with Crippen molar-refractivity contribution in [2.45, 2.75) is 21.3 Å². The lowest BCUT2D eigenvalue weighted by Crippen LogP contribution is -1.84. The predicted octanol–water partition coefficient (Wildman–Crippen LogP) is 6.07. The highest BCUT2D eigenvalue weighted by Gasteiger charge is 2.04. The third kappa shape index (κ3) is 4.43. The summed E-state index contributed by atoms with van der Waals surface area (Å²) in [7, 11) is 0. The van der Waals surface area contributed by atoms with Gasteiger partial charge in [0.15, 0.2) is 0 Å². The molecule has 22 heavy (non-hydrogen) atoms. The van der Waals surface area contributed by atoms with Gasteiger partial charge in [-0.25, -0.2) is 0 Å². The van der Waals surface area contributed by atoms with Crippen molar-refractivity contribution in [2.24, 2.45) is 0 Å². The Morgan fingerprint density at radius 3 is 1.86 bits per heavy atom. The van der Waals surface area contributed by atoms with E-state index in [1.807, 2.05) is 29.6 Å². The van der Waals surface area contributed by atoms with Crippen molar-refractivity contribution in [3.8, 4) is 0 Å². The minimum absolute atomic E-state index is 0.986. The molecule has 3 aromatic rings. The maximum absolute atomic E-state index is 3.39. The van der Waals surface area contributed by atoms with Crippen LogP contribution in [0.3, 0.4) is 0 Å². The second-order valence-corrected chi connectivity index (χ2v) is 6.91. The third-order valence-electron chi connectivity index (χ3n) is 3.25. The maximum atomic E-state index is 3.39. The van der Waals surface area contributed by atoms with Crippen molar-refractivity contribution >= 4 is 23.5 Å². The van der Waals surface area contributed by atoms with Crippen LogP contribution in [-0.4, -0.2) is 0 Å². The van der Waals surface area contributed by atoms with E-state index in [0.717, 1.165) is 11.5 Å². The number of hydrogen-bond acceptors (Lipinski definition) is 2. The number of hydrogen-bond donors (Lipinski definition) is 0. The van der Waals surface area contributed by atoms with E-state index in [2.05, 4.69) is 78.9 Å². The smallest absolute Gasteiger partial charge is 0.0290 e. The van der Waals surface area contributed by atoms with Crippen molar-refractivity contribution in [3.05, 3.63) is 96.1 Å². The lowest BCUT2D eigenvalue weighted by atomic mass is 10.2. The van der Waals surface area contributed by atoms with Gasteiger partial charge in [0.2, 0.25) is 0 Å². The first-order valence-electron chi connectivity index (χ1n) is 7.26. The summed E-state index contributed by atoms with van der Waals surface area (Å²) in [5.41, 5.74) is 2.71. The van der Waals surface area contributed by atoms with E-state index in [1.165, 1.54) is 20.9 Å². The monoisotopic (exact) mass is 321 g/mol. The summed E-state index contributed by atoms with van der Waals surface area (Å²) in [6, 6.07) is 30.8. The normalized spacial score (nSPS) is 10.5. The van der Waals surface area contributed by atoms with Crippen molar-refractivity contribution in [1.82, 2.24) is 0 Å². The molecule has 0 aliphatic carbocycles. The molecule has 0 amide bonds. The van der Waals surface area contributed by atoms with Crippen LogP contribution in [0.4, 0.5) is 0 Å². The molecule has 0 N–H and O–H groups in total. The van der Waals surface area contributed by atoms with E-state index < -0.39 is 0 Å². The molecular formula is C20H17S2. The highest BCUT2D eigenvalue weighted by atomic mass is 32.2. The molecule has 0 unspecified atom stereocenters. The van der Waals surface area contributed by atoms with E-state index in [0.29, 0.717) is 0 Å². The summed E-state index contributed by atoms with van der Waals surface area (Å²) in [4.78, 5) is 2.56. The Balaban J connectivity index is 1.65. The minimum atomic E-state index is 0.986. The molecule has 2 heteroatoms. The van der Waals surface area contributed by atoms with Crippen LogP contribution >= 0.6 is 23.5 Å². The molecule has 3 aromatic carbocycles. The van der Waals surface area contributed by atoms with E-state index in [1.54, 1.807) is 0 Å². The van der Waals surface area contributed by atoms with E-state index in [4.69, 9.17) is 0 Å².